The van der Waals surface area contributed by atoms with Crippen LogP contribution in [0.3, 0.4) is 0 Å². The highest BCUT2D eigenvalue weighted by Gasteiger charge is 2.36. The van der Waals surface area contributed by atoms with Crippen LogP contribution in [0.2, 0.25) is 5.02 Å². The lowest BCUT2D eigenvalue weighted by atomic mass is 10.0. The average molecular weight is 421 g/mol. The largest absolute Gasteiger partial charge is 0.433 e. The zero-order chi connectivity index (χ0) is 17.9. The Hall–Kier alpha value is -0.710. The fraction of sp³-hybridized carbons (Fsp3) is 0.571. The van der Waals surface area contributed by atoms with Crippen LogP contribution >= 0.6 is 24.0 Å². The van der Waals surface area contributed by atoms with Crippen molar-refractivity contribution in [3.63, 3.8) is 0 Å². The number of ether oxygens (including phenoxy) is 2. The molecule has 0 bridgehead atoms. The lowest BCUT2D eigenvalue weighted by molar-refractivity contribution is -0.0498. The van der Waals surface area contributed by atoms with E-state index in [-0.39, 0.29) is 47.3 Å². The van der Waals surface area contributed by atoms with Gasteiger partial charge in [-0.05, 0) is 31.0 Å². The van der Waals surface area contributed by atoms with E-state index in [0.29, 0.717) is 12.8 Å². The first-order chi connectivity index (χ1) is 11.3. The van der Waals surface area contributed by atoms with Crippen molar-refractivity contribution in [3.8, 4) is 5.75 Å². The van der Waals surface area contributed by atoms with Crippen LogP contribution in [0, 0.1) is 0 Å². The maximum atomic E-state index is 12.8. The number of hydrogen-bond acceptors (Lipinski definition) is 5. The third-order valence-corrected chi connectivity index (χ3v) is 6.19. The molecule has 2 N–H and O–H groups in total. The molecule has 1 saturated heterocycles. The zero-order valence-electron chi connectivity index (χ0n) is 13.4. The predicted molar refractivity (Wildman–Crippen MR) is 92.1 cm³/mol. The third kappa shape index (κ3) is 5.15. The molecule has 6 nitrogen and oxygen atoms in total. The van der Waals surface area contributed by atoms with Crippen molar-refractivity contribution in [3.05, 3.63) is 23.2 Å². The van der Waals surface area contributed by atoms with Crippen LogP contribution in [0.5, 0.6) is 5.75 Å². The highest BCUT2D eigenvalue weighted by Crippen LogP contribution is 2.32. The van der Waals surface area contributed by atoms with Crippen molar-refractivity contribution in [2.75, 3.05) is 20.2 Å². The minimum Gasteiger partial charge on any atom is -0.433 e. The summed E-state index contributed by atoms with van der Waals surface area (Å²) < 4.78 is 61.0. The Labute approximate surface area is 156 Å². The second-order valence-corrected chi connectivity index (χ2v) is 7.66. The van der Waals surface area contributed by atoms with Gasteiger partial charge in [0, 0.05) is 26.2 Å². The first-order valence-electron chi connectivity index (χ1n) is 7.28. The summed E-state index contributed by atoms with van der Waals surface area (Å²) in [7, 11) is -2.28. The van der Waals surface area contributed by atoms with Crippen LogP contribution in [-0.4, -0.2) is 51.7 Å². The number of benzene rings is 1. The summed E-state index contributed by atoms with van der Waals surface area (Å²) in [6.07, 6.45) is 0.995. The lowest BCUT2D eigenvalue weighted by Crippen LogP contribution is -2.51. The minimum atomic E-state index is -3.85. The minimum absolute atomic E-state index is 0. The van der Waals surface area contributed by atoms with Gasteiger partial charge in [0.1, 0.15) is 5.75 Å². The SMILES string of the molecule is COC1CCN(S(=O)(=O)c2ccc(OC(F)F)c(Cl)c2)C(CN)C1.Cl. The molecule has 1 aromatic rings. The van der Waals surface area contributed by atoms with E-state index >= 15 is 0 Å². The predicted octanol–water partition coefficient (Wildman–Crippen LogP) is 2.49. The van der Waals surface area contributed by atoms with Crippen LogP contribution in [0.1, 0.15) is 12.8 Å². The Morgan fingerprint density at radius 1 is 1.44 bits per heavy atom. The number of sulfonamides is 1. The summed E-state index contributed by atoms with van der Waals surface area (Å²) in [5, 5.41) is -0.201. The van der Waals surface area contributed by atoms with Gasteiger partial charge in [-0.3, -0.25) is 0 Å². The second-order valence-electron chi connectivity index (χ2n) is 5.36. The number of methoxy groups -OCH3 is 1. The first kappa shape index (κ1) is 22.3. The van der Waals surface area contributed by atoms with Crippen molar-refractivity contribution in [1.29, 1.82) is 0 Å². The standard InChI is InChI=1S/C14H19ClF2N2O4S.ClH/c1-22-10-4-5-19(9(6-10)8-18)24(20,21)11-2-3-13(12(15)7-11)23-14(16)17;/h2-3,7,9-10,14H,4-6,8,18H2,1H3;1H. The van der Waals surface area contributed by atoms with E-state index in [1.807, 2.05) is 0 Å². The van der Waals surface area contributed by atoms with Crippen molar-refractivity contribution in [2.24, 2.45) is 5.73 Å². The van der Waals surface area contributed by atoms with Crippen molar-refractivity contribution >= 4 is 34.0 Å². The highest BCUT2D eigenvalue weighted by molar-refractivity contribution is 7.89. The van der Waals surface area contributed by atoms with Gasteiger partial charge in [0.15, 0.2) is 0 Å². The van der Waals surface area contributed by atoms with Gasteiger partial charge in [0.2, 0.25) is 10.0 Å². The molecule has 1 aliphatic rings. The van der Waals surface area contributed by atoms with Gasteiger partial charge < -0.3 is 15.2 Å². The molecule has 0 spiro atoms. The van der Waals surface area contributed by atoms with Gasteiger partial charge in [-0.2, -0.15) is 13.1 Å². The molecule has 0 amide bonds. The average Bonchev–Trinajstić information content (AvgIpc) is 2.55. The molecular weight excluding hydrogens is 401 g/mol. The van der Waals surface area contributed by atoms with Crippen LogP contribution in [0.4, 0.5) is 8.78 Å². The molecule has 1 aromatic carbocycles. The summed E-state index contributed by atoms with van der Waals surface area (Å²) in [4.78, 5) is -0.0940. The molecule has 144 valence electrons. The summed E-state index contributed by atoms with van der Waals surface area (Å²) in [6.45, 7) is -2.63. The summed E-state index contributed by atoms with van der Waals surface area (Å²) in [5.74, 6) is -0.279. The molecule has 1 aliphatic heterocycles. The highest BCUT2D eigenvalue weighted by atomic mass is 35.5. The van der Waals surface area contributed by atoms with Gasteiger partial charge in [-0.15, -0.1) is 12.4 Å². The maximum absolute atomic E-state index is 12.8. The molecule has 0 saturated carbocycles. The van der Waals surface area contributed by atoms with E-state index in [1.165, 1.54) is 10.4 Å². The van der Waals surface area contributed by atoms with Crippen molar-refractivity contribution in [1.82, 2.24) is 4.31 Å². The Bertz CT molecular complexity index is 679. The topological polar surface area (TPSA) is 81.9 Å². The van der Waals surface area contributed by atoms with Crippen molar-refractivity contribution < 1.29 is 26.7 Å². The fourth-order valence-corrected chi connectivity index (χ4v) is 4.68. The monoisotopic (exact) mass is 420 g/mol. The molecular formula is C14H20Cl2F2N2O4S. The van der Waals surface area contributed by atoms with Crippen LogP contribution in [-0.2, 0) is 14.8 Å². The summed E-state index contributed by atoms with van der Waals surface area (Å²) in [6, 6.07) is 3.00. The summed E-state index contributed by atoms with van der Waals surface area (Å²) >= 11 is 5.85. The Morgan fingerprint density at radius 2 is 2.12 bits per heavy atom. The molecule has 1 fully saturated rings. The number of hydrogen-bond donors (Lipinski definition) is 1. The van der Waals surface area contributed by atoms with Gasteiger partial charge in [0.25, 0.3) is 0 Å². The Morgan fingerprint density at radius 3 is 2.64 bits per heavy atom. The number of nitrogens with two attached hydrogens (primary N) is 1. The normalized spacial score (nSPS) is 21.8. The molecule has 2 rings (SSSR count). The second kappa shape index (κ2) is 9.29. The molecule has 25 heavy (non-hydrogen) atoms. The van der Waals surface area contributed by atoms with E-state index in [0.717, 1.165) is 12.1 Å². The molecule has 0 aliphatic carbocycles. The van der Waals surface area contributed by atoms with Crippen LogP contribution in [0.15, 0.2) is 23.1 Å². The lowest BCUT2D eigenvalue weighted by Gasteiger charge is -2.37. The van der Waals surface area contributed by atoms with Gasteiger partial charge >= 0.3 is 6.61 Å². The van der Waals surface area contributed by atoms with E-state index in [9.17, 15) is 17.2 Å². The Kier molecular flexibility index (Phi) is 8.30. The molecule has 2 atom stereocenters. The number of rotatable bonds is 6. The first-order valence-corrected chi connectivity index (χ1v) is 9.10. The third-order valence-electron chi connectivity index (χ3n) is 3.95. The molecule has 0 radical (unpaired) electrons. The van der Waals surface area contributed by atoms with E-state index in [2.05, 4.69) is 4.74 Å². The fourth-order valence-electron chi connectivity index (χ4n) is 2.71. The number of piperidine rings is 1. The van der Waals surface area contributed by atoms with Crippen LogP contribution < -0.4 is 10.5 Å². The smallest absolute Gasteiger partial charge is 0.387 e. The van der Waals surface area contributed by atoms with E-state index in [4.69, 9.17) is 22.1 Å². The Balaban J connectivity index is 0.00000312. The summed E-state index contributed by atoms with van der Waals surface area (Å²) in [5.41, 5.74) is 5.70. The maximum Gasteiger partial charge on any atom is 0.387 e. The molecule has 0 aromatic heterocycles. The van der Waals surface area contributed by atoms with Gasteiger partial charge in [-0.25, -0.2) is 8.42 Å². The van der Waals surface area contributed by atoms with Crippen LogP contribution in [0.25, 0.3) is 0 Å². The molecule has 2 unspecified atom stereocenters. The zero-order valence-corrected chi connectivity index (χ0v) is 15.8. The molecule has 11 heteroatoms. The van der Waals surface area contributed by atoms with E-state index in [1.54, 1.807) is 7.11 Å². The van der Waals surface area contributed by atoms with Gasteiger partial charge in [-0.1, -0.05) is 11.6 Å². The quantitative estimate of drug-likeness (QED) is 0.764. The van der Waals surface area contributed by atoms with Gasteiger partial charge in [0.05, 0.1) is 16.0 Å². The van der Waals surface area contributed by atoms with E-state index < -0.39 is 22.7 Å². The van der Waals surface area contributed by atoms with Crippen molar-refractivity contribution in [2.45, 2.75) is 36.5 Å². The number of nitrogens with zero attached hydrogens (tertiary/aromatic N) is 1. The number of halogens is 4. The molecule has 1 heterocycles. The number of alkyl halides is 2.